The summed E-state index contributed by atoms with van der Waals surface area (Å²) in [5.74, 6) is 0. The minimum atomic E-state index is 0.370. The molecule has 8 heavy (non-hydrogen) atoms. The molecule has 0 fully saturated rings. The van der Waals surface area contributed by atoms with Crippen LogP contribution in [0.25, 0.3) is 0 Å². The summed E-state index contributed by atoms with van der Waals surface area (Å²) in [6.07, 6.45) is 0. The van der Waals surface area contributed by atoms with E-state index < -0.39 is 0 Å². The quantitative estimate of drug-likeness (QED) is 0.522. The zero-order chi connectivity index (χ0) is 6.41. The van der Waals surface area contributed by atoms with Crippen LogP contribution in [0.1, 0.15) is 13.8 Å². The molecule has 0 aromatic rings. The molecule has 0 aromatic heterocycles. The Bertz CT molecular complexity index is 66.8. The van der Waals surface area contributed by atoms with Crippen molar-refractivity contribution in [2.24, 2.45) is 0 Å². The van der Waals surface area contributed by atoms with Gasteiger partial charge in [0.15, 0.2) is 0 Å². The van der Waals surface area contributed by atoms with Crippen molar-refractivity contribution in [2.45, 2.75) is 13.8 Å². The van der Waals surface area contributed by atoms with Crippen LogP contribution in [0.4, 0.5) is 0 Å². The molecule has 0 amide bonds. The van der Waals surface area contributed by atoms with E-state index in [0.717, 1.165) is 0 Å². The zero-order valence-corrected chi connectivity index (χ0v) is 5.99. The largest absolute Gasteiger partial charge is 0.470 e. The van der Waals surface area contributed by atoms with Gasteiger partial charge in [0.1, 0.15) is 0 Å². The van der Waals surface area contributed by atoms with Gasteiger partial charge in [0.2, 0.25) is 0 Å². The molecule has 0 atom stereocenters. The molecule has 1 radical (unpaired) electrons. The Balaban J connectivity index is 3.06. The molecule has 0 bridgehead atoms. The van der Waals surface area contributed by atoms with Gasteiger partial charge in [0.25, 0.3) is 5.17 Å². The SMILES string of the molecule is CC[N]C(=S)OCC. The van der Waals surface area contributed by atoms with Crippen LogP contribution in [0, 0.1) is 0 Å². The van der Waals surface area contributed by atoms with Crippen molar-refractivity contribution in [1.29, 1.82) is 0 Å². The minimum Gasteiger partial charge on any atom is -0.470 e. The van der Waals surface area contributed by atoms with Crippen molar-refractivity contribution >= 4 is 17.4 Å². The summed E-state index contributed by atoms with van der Waals surface area (Å²) in [7, 11) is 0. The average Bonchev–Trinajstić information content (AvgIpc) is 1.68. The maximum atomic E-state index is 4.85. The fraction of sp³-hybridized carbons (Fsp3) is 0.800. The molecule has 0 aliphatic rings. The second kappa shape index (κ2) is 4.84. The Labute approximate surface area is 55.2 Å². The second-order valence-corrected chi connectivity index (χ2v) is 1.52. The normalized spacial score (nSPS) is 8.25. The lowest BCUT2D eigenvalue weighted by atomic mass is 10.8. The Morgan fingerprint density at radius 2 is 2.25 bits per heavy atom. The fourth-order valence-electron chi connectivity index (χ4n) is 0.298. The van der Waals surface area contributed by atoms with Gasteiger partial charge in [-0.2, -0.15) is 0 Å². The second-order valence-electron chi connectivity index (χ2n) is 1.17. The van der Waals surface area contributed by atoms with Gasteiger partial charge < -0.3 is 4.74 Å². The van der Waals surface area contributed by atoms with Crippen molar-refractivity contribution in [1.82, 2.24) is 5.32 Å². The van der Waals surface area contributed by atoms with Crippen molar-refractivity contribution in [3.8, 4) is 0 Å². The molecule has 0 saturated heterocycles. The predicted molar refractivity (Wildman–Crippen MR) is 36.9 cm³/mol. The molecule has 0 aliphatic heterocycles. The van der Waals surface area contributed by atoms with E-state index in [2.05, 4.69) is 17.5 Å². The molecule has 0 heterocycles. The monoisotopic (exact) mass is 132 g/mol. The first kappa shape index (κ1) is 7.69. The Morgan fingerprint density at radius 3 is 2.62 bits per heavy atom. The summed E-state index contributed by atoms with van der Waals surface area (Å²) in [6.45, 7) is 5.13. The summed E-state index contributed by atoms with van der Waals surface area (Å²) in [6, 6.07) is 0. The molecular weight excluding hydrogens is 122 g/mol. The van der Waals surface area contributed by atoms with E-state index >= 15 is 0 Å². The minimum absolute atomic E-state index is 0.370. The van der Waals surface area contributed by atoms with Crippen LogP contribution >= 0.6 is 12.2 Å². The van der Waals surface area contributed by atoms with Gasteiger partial charge in [0.05, 0.1) is 6.61 Å². The van der Waals surface area contributed by atoms with E-state index in [1.807, 2.05) is 13.8 Å². The molecule has 3 heteroatoms. The van der Waals surface area contributed by atoms with Crippen LogP contribution in [0.5, 0.6) is 0 Å². The van der Waals surface area contributed by atoms with Crippen LogP contribution in [-0.2, 0) is 4.74 Å². The van der Waals surface area contributed by atoms with E-state index in [9.17, 15) is 0 Å². The Kier molecular flexibility index (Phi) is 4.65. The van der Waals surface area contributed by atoms with E-state index in [-0.39, 0.29) is 0 Å². The third-order valence-corrected chi connectivity index (χ3v) is 0.802. The lowest BCUT2D eigenvalue weighted by molar-refractivity contribution is 0.320. The first-order valence-electron chi connectivity index (χ1n) is 2.65. The van der Waals surface area contributed by atoms with Crippen LogP contribution in [0.15, 0.2) is 0 Å². The molecular formula is C5H10NOS. The smallest absolute Gasteiger partial charge is 0.278 e. The highest BCUT2D eigenvalue weighted by atomic mass is 32.1. The summed E-state index contributed by atoms with van der Waals surface area (Å²) < 4.78 is 4.85. The number of hydrogen-bond donors (Lipinski definition) is 0. The maximum Gasteiger partial charge on any atom is 0.278 e. The lowest BCUT2D eigenvalue weighted by Crippen LogP contribution is -2.15. The van der Waals surface area contributed by atoms with E-state index in [4.69, 9.17) is 4.74 Å². The summed E-state index contributed by atoms with van der Waals surface area (Å²) in [5, 5.41) is 4.19. The molecule has 0 unspecified atom stereocenters. The molecule has 47 valence electrons. The van der Waals surface area contributed by atoms with E-state index in [0.29, 0.717) is 18.3 Å². The number of nitrogens with zero attached hydrogens (tertiary/aromatic N) is 1. The fourth-order valence-corrected chi connectivity index (χ4v) is 0.545. The van der Waals surface area contributed by atoms with Crippen LogP contribution in [0.3, 0.4) is 0 Å². The number of thiocarbonyl (C=S) groups is 1. The first-order chi connectivity index (χ1) is 3.81. The summed E-state index contributed by atoms with van der Waals surface area (Å²) in [5.41, 5.74) is 0. The van der Waals surface area contributed by atoms with E-state index in [1.165, 1.54) is 0 Å². The van der Waals surface area contributed by atoms with Gasteiger partial charge in [0, 0.05) is 6.54 Å². The molecule has 0 spiro atoms. The topological polar surface area (TPSA) is 23.3 Å². The summed E-state index contributed by atoms with van der Waals surface area (Å²) >= 11 is 4.66. The van der Waals surface area contributed by atoms with Crippen LogP contribution < -0.4 is 5.32 Å². The van der Waals surface area contributed by atoms with Crippen molar-refractivity contribution < 1.29 is 4.74 Å². The van der Waals surface area contributed by atoms with Crippen molar-refractivity contribution in [2.75, 3.05) is 13.2 Å². The highest BCUT2D eigenvalue weighted by molar-refractivity contribution is 7.80. The van der Waals surface area contributed by atoms with Crippen LogP contribution in [0.2, 0.25) is 0 Å². The predicted octanol–water partition coefficient (Wildman–Crippen LogP) is 0.932. The Morgan fingerprint density at radius 1 is 1.62 bits per heavy atom. The van der Waals surface area contributed by atoms with E-state index in [1.54, 1.807) is 0 Å². The maximum absolute atomic E-state index is 4.85. The average molecular weight is 132 g/mol. The Hall–Kier alpha value is -0.310. The third kappa shape index (κ3) is 3.87. The number of ether oxygens (including phenoxy) is 1. The summed E-state index contributed by atoms with van der Waals surface area (Å²) in [4.78, 5) is 0. The molecule has 0 N–H and O–H groups in total. The third-order valence-electron chi connectivity index (χ3n) is 0.555. The van der Waals surface area contributed by atoms with Crippen molar-refractivity contribution in [3.05, 3.63) is 0 Å². The zero-order valence-electron chi connectivity index (χ0n) is 5.18. The number of hydrogen-bond acceptors (Lipinski definition) is 2. The molecule has 2 nitrogen and oxygen atoms in total. The van der Waals surface area contributed by atoms with Gasteiger partial charge in [-0.25, -0.2) is 5.32 Å². The van der Waals surface area contributed by atoms with Gasteiger partial charge >= 0.3 is 0 Å². The van der Waals surface area contributed by atoms with Crippen molar-refractivity contribution in [3.63, 3.8) is 0 Å². The molecule has 0 aliphatic carbocycles. The van der Waals surface area contributed by atoms with Crippen LogP contribution in [-0.4, -0.2) is 18.3 Å². The van der Waals surface area contributed by atoms with Gasteiger partial charge in [-0.05, 0) is 26.1 Å². The van der Waals surface area contributed by atoms with Gasteiger partial charge in [-0.1, -0.05) is 0 Å². The van der Waals surface area contributed by atoms with Gasteiger partial charge in [-0.3, -0.25) is 0 Å². The number of rotatable bonds is 2. The molecule has 0 rings (SSSR count). The van der Waals surface area contributed by atoms with Gasteiger partial charge in [-0.15, -0.1) is 0 Å². The highest BCUT2D eigenvalue weighted by Crippen LogP contribution is 1.76. The highest BCUT2D eigenvalue weighted by Gasteiger charge is 1.90. The standard InChI is InChI=1S/C5H10NOS/c1-3-6-5(8)7-4-2/h3-4H2,1-2H3. The lowest BCUT2D eigenvalue weighted by Gasteiger charge is -2.00. The molecule has 0 aromatic carbocycles. The molecule has 0 saturated carbocycles. The first-order valence-corrected chi connectivity index (χ1v) is 3.06.